The van der Waals surface area contributed by atoms with E-state index in [0.29, 0.717) is 5.95 Å². The van der Waals surface area contributed by atoms with E-state index in [0.717, 1.165) is 24.5 Å². The fraction of sp³-hybridized carbons (Fsp3) is 0.750. The Balaban J connectivity index is 2.17. The standard InChI is InChI=1S/C8H14N4OS/c1-5-6(13)3-2-4-12(5)8-10-7(9)11-14-8/h5-6,13H,2-4H2,1H3,(H2,9,11). The van der Waals surface area contributed by atoms with Gasteiger partial charge in [0.15, 0.2) is 0 Å². The van der Waals surface area contributed by atoms with Gasteiger partial charge in [-0.1, -0.05) is 0 Å². The van der Waals surface area contributed by atoms with Gasteiger partial charge in [-0.15, -0.1) is 0 Å². The lowest BCUT2D eigenvalue weighted by atomic mass is 10.0. The van der Waals surface area contributed by atoms with E-state index in [2.05, 4.69) is 14.3 Å². The lowest BCUT2D eigenvalue weighted by molar-refractivity contribution is 0.119. The molecule has 0 aliphatic carbocycles. The zero-order chi connectivity index (χ0) is 10.1. The molecule has 5 nitrogen and oxygen atoms in total. The Kier molecular flexibility index (Phi) is 2.56. The predicted molar refractivity (Wildman–Crippen MR) is 56.4 cm³/mol. The second kappa shape index (κ2) is 3.70. The minimum absolute atomic E-state index is 0.107. The van der Waals surface area contributed by atoms with Crippen LogP contribution >= 0.6 is 11.5 Å². The molecular formula is C8H14N4OS. The number of nitrogen functional groups attached to an aromatic ring is 1. The predicted octanol–water partition coefficient (Wildman–Crippen LogP) is 0.470. The van der Waals surface area contributed by atoms with E-state index in [1.807, 2.05) is 6.92 Å². The quantitative estimate of drug-likeness (QED) is 0.710. The first kappa shape index (κ1) is 9.67. The highest BCUT2D eigenvalue weighted by atomic mass is 32.1. The Labute approximate surface area is 86.7 Å². The first-order valence-electron chi connectivity index (χ1n) is 4.72. The summed E-state index contributed by atoms with van der Waals surface area (Å²) in [6.07, 6.45) is 1.59. The minimum atomic E-state index is -0.270. The highest BCUT2D eigenvalue weighted by molar-refractivity contribution is 7.09. The molecule has 2 rings (SSSR count). The molecule has 6 heteroatoms. The maximum atomic E-state index is 9.70. The molecule has 1 aromatic rings. The summed E-state index contributed by atoms with van der Waals surface area (Å²) < 4.78 is 3.94. The molecule has 1 aliphatic rings. The number of rotatable bonds is 1. The fourth-order valence-electron chi connectivity index (χ4n) is 1.74. The highest BCUT2D eigenvalue weighted by Crippen LogP contribution is 2.26. The van der Waals surface area contributed by atoms with Crippen molar-refractivity contribution in [2.45, 2.75) is 31.9 Å². The third kappa shape index (κ3) is 1.67. The summed E-state index contributed by atoms with van der Waals surface area (Å²) in [6.45, 7) is 2.92. The number of aromatic nitrogens is 2. The third-order valence-electron chi connectivity index (χ3n) is 2.62. The van der Waals surface area contributed by atoms with Crippen molar-refractivity contribution in [1.82, 2.24) is 9.36 Å². The Morgan fingerprint density at radius 1 is 1.64 bits per heavy atom. The van der Waals surface area contributed by atoms with Crippen LogP contribution in [0.4, 0.5) is 11.1 Å². The van der Waals surface area contributed by atoms with Crippen LogP contribution in [0, 0.1) is 0 Å². The average Bonchev–Trinajstić information content (AvgIpc) is 2.57. The van der Waals surface area contributed by atoms with Gasteiger partial charge in [0.1, 0.15) is 0 Å². The van der Waals surface area contributed by atoms with E-state index in [1.54, 1.807) is 0 Å². The van der Waals surface area contributed by atoms with Crippen molar-refractivity contribution in [3.63, 3.8) is 0 Å². The van der Waals surface area contributed by atoms with E-state index in [-0.39, 0.29) is 12.1 Å². The summed E-state index contributed by atoms with van der Waals surface area (Å²) >= 11 is 1.29. The third-order valence-corrected chi connectivity index (χ3v) is 3.39. The Morgan fingerprint density at radius 3 is 3.07 bits per heavy atom. The lowest BCUT2D eigenvalue weighted by Crippen LogP contribution is -2.46. The van der Waals surface area contributed by atoms with Crippen molar-refractivity contribution in [3.8, 4) is 0 Å². The number of anilines is 2. The summed E-state index contributed by atoms with van der Waals surface area (Å²) in [5.41, 5.74) is 5.46. The summed E-state index contributed by atoms with van der Waals surface area (Å²) in [6, 6.07) is 0.107. The van der Waals surface area contributed by atoms with Crippen LogP contribution in [0.1, 0.15) is 19.8 Å². The number of nitrogens with zero attached hydrogens (tertiary/aromatic N) is 3. The second-order valence-corrected chi connectivity index (χ2v) is 4.31. The maximum Gasteiger partial charge on any atom is 0.233 e. The summed E-state index contributed by atoms with van der Waals surface area (Å²) in [5, 5.41) is 10.5. The molecule has 1 saturated heterocycles. The van der Waals surface area contributed by atoms with Gasteiger partial charge < -0.3 is 15.7 Å². The molecule has 1 aromatic heterocycles. The molecule has 1 fully saturated rings. The molecule has 0 radical (unpaired) electrons. The number of nitrogens with two attached hydrogens (primary N) is 1. The fourth-order valence-corrected chi connectivity index (χ4v) is 2.45. The van der Waals surface area contributed by atoms with Crippen LogP contribution in [0.3, 0.4) is 0 Å². The molecule has 3 N–H and O–H groups in total. The smallest absolute Gasteiger partial charge is 0.233 e. The van der Waals surface area contributed by atoms with Crippen LogP contribution in [0.15, 0.2) is 0 Å². The molecule has 0 aromatic carbocycles. The summed E-state index contributed by atoms with van der Waals surface area (Å²) in [4.78, 5) is 6.19. The first-order chi connectivity index (χ1) is 6.68. The molecule has 14 heavy (non-hydrogen) atoms. The summed E-state index contributed by atoms with van der Waals surface area (Å²) in [7, 11) is 0. The number of piperidine rings is 1. The molecule has 78 valence electrons. The SMILES string of the molecule is CC1C(O)CCCN1c1nc(N)ns1. The Bertz CT molecular complexity index is 316. The Hall–Kier alpha value is -0.880. The van der Waals surface area contributed by atoms with Gasteiger partial charge in [-0.25, -0.2) is 0 Å². The number of aliphatic hydroxyl groups is 1. The van der Waals surface area contributed by atoms with Gasteiger partial charge in [-0.3, -0.25) is 0 Å². The molecule has 2 heterocycles. The minimum Gasteiger partial charge on any atom is -0.391 e. The van der Waals surface area contributed by atoms with Crippen molar-refractivity contribution in [3.05, 3.63) is 0 Å². The van der Waals surface area contributed by atoms with Gasteiger partial charge in [-0.2, -0.15) is 9.36 Å². The average molecular weight is 214 g/mol. The van der Waals surface area contributed by atoms with Gasteiger partial charge in [0.25, 0.3) is 0 Å². The van der Waals surface area contributed by atoms with Gasteiger partial charge >= 0.3 is 0 Å². The van der Waals surface area contributed by atoms with Crippen molar-refractivity contribution in [2.24, 2.45) is 0 Å². The van der Waals surface area contributed by atoms with E-state index in [1.165, 1.54) is 11.5 Å². The molecule has 0 bridgehead atoms. The highest BCUT2D eigenvalue weighted by Gasteiger charge is 2.28. The largest absolute Gasteiger partial charge is 0.391 e. The van der Waals surface area contributed by atoms with Crippen molar-refractivity contribution in [2.75, 3.05) is 17.2 Å². The van der Waals surface area contributed by atoms with Crippen LogP contribution in [-0.4, -0.2) is 33.2 Å². The van der Waals surface area contributed by atoms with Crippen molar-refractivity contribution >= 4 is 22.6 Å². The maximum absolute atomic E-state index is 9.70. The van der Waals surface area contributed by atoms with E-state index in [4.69, 9.17) is 5.73 Å². The van der Waals surface area contributed by atoms with E-state index < -0.39 is 0 Å². The molecule has 0 saturated carbocycles. The van der Waals surface area contributed by atoms with Crippen molar-refractivity contribution < 1.29 is 5.11 Å². The molecular weight excluding hydrogens is 200 g/mol. The van der Waals surface area contributed by atoms with Gasteiger partial charge in [-0.05, 0) is 19.8 Å². The number of hydrogen-bond acceptors (Lipinski definition) is 6. The van der Waals surface area contributed by atoms with Crippen molar-refractivity contribution in [1.29, 1.82) is 0 Å². The first-order valence-corrected chi connectivity index (χ1v) is 5.49. The van der Waals surface area contributed by atoms with Gasteiger partial charge in [0.2, 0.25) is 11.1 Å². The van der Waals surface area contributed by atoms with Crippen LogP contribution in [0.25, 0.3) is 0 Å². The number of hydrogen-bond donors (Lipinski definition) is 2. The lowest BCUT2D eigenvalue weighted by Gasteiger charge is -2.36. The monoisotopic (exact) mass is 214 g/mol. The van der Waals surface area contributed by atoms with Gasteiger partial charge in [0, 0.05) is 18.1 Å². The molecule has 2 unspecified atom stereocenters. The Morgan fingerprint density at radius 2 is 2.43 bits per heavy atom. The molecule has 0 amide bonds. The van der Waals surface area contributed by atoms with Crippen LogP contribution in [0.5, 0.6) is 0 Å². The van der Waals surface area contributed by atoms with Crippen LogP contribution < -0.4 is 10.6 Å². The van der Waals surface area contributed by atoms with E-state index in [9.17, 15) is 5.11 Å². The second-order valence-electron chi connectivity index (χ2n) is 3.58. The van der Waals surface area contributed by atoms with Crippen LogP contribution in [-0.2, 0) is 0 Å². The van der Waals surface area contributed by atoms with Gasteiger partial charge in [0.05, 0.1) is 12.1 Å². The summed E-state index contributed by atoms with van der Waals surface area (Å²) in [5.74, 6) is 0.317. The topological polar surface area (TPSA) is 75.3 Å². The molecule has 0 spiro atoms. The molecule has 2 atom stereocenters. The van der Waals surface area contributed by atoms with E-state index >= 15 is 0 Å². The zero-order valence-electron chi connectivity index (χ0n) is 8.05. The normalized spacial score (nSPS) is 28.0. The molecule has 1 aliphatic heterocycles. The number of aliphatic hydroxyl groups excluding tert-OH is 1. The zero-order valence-corrected chi connectivity index (χ0v) is 8.87. The van der Waals surface area contributed by atoms with Crippen LogP contribution in [0.2, 0.25) is 0 Å².